The van der Waals surface area contributed by atoms with Crippen LogP contribution >= 0.6 is 0 Å². The maximum atomic E-state index is 12.0. The van der Waals surface area contributed by atoms with E-state index in [1.807, 2.05) is 0 Å². The van der Waals surface area contributed by atoms with Crippen molar-refractivity contribution in [2.45, 2.75) is 13.2 Å². The van der Waals surface area contributed by atoms with Crippen LogP contribution in [0.2, 0.25) is 0 Å². The molecule has 0 heterocycles. The van der Waals surface area contributed by atoms with E-state index in [1.165, 1.54) is 24.3 Å². The lowest BCUT2D eigenvalue weighted by Crippen LogP contribution is -2.39. The van der Waals surface area contributed by atoms with E-state index in [2.05, 4.69) is 15.4 Å². The summed E-state index contributed by atoms with van der Waals surface area (Å²) in [4.78, 5) is 23.4. The average Bonchev–Trinajstić information content (AvgIpc) is 2.54. The van der Waals surface area contributed by atoms with Crippen LogP contribution in [0.1, 0.15) is 15.9 Å². The molecule has 2 rings (SSSR count). The SMILES string of the molecule is O=C(NCc1ccc(OC(F)F)cc1)NC(=O)c1ccccc1. The molecule has 0 bridgehead atoms. The van der Waals surface area contributed by atoms with Gasteiger partial charge in [-0.2, -0.15) is 8.78 Å². The van der Waals surface area contributed by atoms with Gasteiger partial charge < -0.3 is 10.1 Å². The second-order valence-corrected chi connectivity index (χ2v) is 4.53. The highest BCUT2D eigenvalue weighted by atomic mass is 19.3. The van der Waals surface area contributed by atoms with Crippen LogP contribution in [-0.4, -0.2) is 18.5 Å². The molecule has 0 spiro atoms. The van der Waals surface area contributed by atoms with Gasteiger partial charge in [-0.25, -0.2) is 4.79 Å². The van der Waals surface area contributed by atoms with Crippen molar-refractivity contribution in [3.05, 3.63) is 65.7 Å². The molecular formula is C16H14F2N2O3. The van der Waals surface area contributed by atoms with Gasteiger partial charge in [-0.1, -0.05) is 30.3 Å². The number of amides is 3. The van der Waals surface area contributed by atoms with E-state index in [0.29, 0.717) is 11.1 Å². The predicted molar refractivity (Wildman–Crippen MR) is 79.2 cm³/mol. The Bertz CT molecular complexity index is 661. The summed E-state index contributed by atoms with van der Waals surface area (Å²) in [6.45, 7) is -2.74. The molecule has 0 unspecified atom stereocenters. The van der Waals surface area contributed by atoms with E-state index in [9.17, 15) is 18.4 Å². The number of imide groups is 1. The molecule has 2 N–H and O–H groups in total. The van der Waals surface area contributed by atoms with Gasteiger partial charge in [-0.15, -0.1) is 0 Å². The number of benzene rings is 2. The van der Waals surface area contributed by atoms with Crippen molar-refractivity contribution in [2.24, 2.45) is 0 Å². The highest BCUT2D eigenvalue weighted by molar-refractivity contribution is 6.04. The Labute approximate surface area is 131 Å². The van der Waals surface area contributed by atoms with E-state index >= 15 is 0 Å². The summed E-state index contributed by atoms with van der Waals surface area (Å²) in [5, 5.41) is 4.69. The van der Waals surface area contributed by atoms with Gasteiger partial charge in [0.15, 0.2) is 0 Å². The maximum absolute atomic E-state index is 12.0. The summed E-state index contributed by atoms with van der Waals surface area (Å²) < 4.78 is 28.3. The smallest absolute Gasteiger partial charge is 0.387 e. The van der Waals surface area contributed by atoms with Crippen LogP contribution in [-0.2, 0) is 6.54 Å². The van der Waals surface area contributed by atoms with Crippen LogP contribution in [0.15, 0.2) is 54.6 Å². The number of nitrogens with one attached hydrogen (secondary N) is 2. The molecule has 0 aliphatic carbocycles. The van der Waals surface area contributed by atoms with E-state index in [-0.39, 0.29) is 12.3 Å². The predicted octanol–water partition coefficient (Wildman–Crippen LogP) is 2.93. The summed E-state index contributed by atoms with van der Waals surface area (Å²) in [5.74, 6) is -0.476. The van der Waals surface area contributed by atoms with Crippen molar-refractivity contribution in [1.29, 1.82) is 0 Å². The lowest BCUT2D eigenvalue weighted by Gasteiger charge is -2.08. The second-order valence-electron chi connectivity index (χ2n) is 4.53. The van der Waals surface area contributed by atoms with E-state index < -0.39 is 18.5 Å². The molecular weight excluding hydrogens is 306 g/mol. The Morgan fingerprint density at radius 3 is 2.26 bits per heavy atom. The standard InChI is InChI=1S/C16H14F2N2O3/c17-15(18)23-13-8-6-11(7-9-13)10-19-16(22)20-14(21)12-4-2-1-3-5-12/h1-9,15H,10H2,(H2,19,20,21,22). The Balaban J connectivity index is 1.81. The van der Waals surface area contributed by atoms with Gasteiger partial charge in [-0.05, 0) is 29.8 Å². The topological polar surface area (TPSA) is 67.4 Å². The summed E-state index contributed by atoms with van der Waals surface area (Å²) in [6, 6.07) is 13.5. The molecule has 0 fully saturated rings. The molecule has 0 radical (unpaired) electrons. The van der Waals surface area contributed by atoms with Crippen molar-refractivity contribution < 1.29 is 23.1 Å². The fourth-order valence-corrected chi connectivity index (χ4v) is 1.78. The van der Waals surface area contributed by atoms with Gasteiger partial charge in [0.1, 0.15) is 5.75 Å². The molecule has 0 atom stereocenters. The number of alkyl halides is 2. The Morgan fingerprint density at radius 1 is 1.00 bits per heavy atom. The summed E-state index contributed by atoms with van der Waals surface area (Å²) >= 11 is 0. The maximum Gasteiger partial charge on any atom is 0.387 e. The van der Waals surface area contributed by atoms with Crippen LogP contribution < -0.4 is 15.4 Å². The number of rotatable bonds is 5. The van der Waals surface area contributed by atoms with Gasteiger partial charge in [0.2, 0.25) is 0 Å². The highest BCUT2D eigenvalue weighted by Crippen LogP contribution is 2.14. The van der Waals surface area contributed by atoms with Crippen LogP contribution in [0.4, 0.5) is 13.6 Å². The summed E-state index contributed by atoms with van der Waals surface area (Å²) in [5.41, 5.74) is 1.05. The van der Waals surface area contributed by atoms with Crippen LogP contribution in [0, 0.1) is 0 Å². The quantitative estimate of drug-likeness (QED) is 0.890. The first-order valence-electron chi connectivity index (χ1n) is 6.72. The van der Waals surface area contributed by atoms with Crippen molar-refractivity contribution in [1.82, 2.24) is 10.6 Å². The van der Waals surface area contributed by atoms with Gasteiger partial charge in [0.05, 0.1) is 0 Å². The minimum atomic E-state index is -2.88. The number of ether oxygens (including phenoxy) is 1. The number of hydrogen-bond acceptors (Lipinski definition) is 3. The number of halogens is 2. The zero-order valence-electron chi connectivity index (χ0n) is 12.0. The van der Waals surface area contributed by atoms with Crippen molar-refractivity contribution >= 4 is 11.9 Å². The van der Waals surface area contributed by atoms with Gasteiger partial charge in [-0.3, -0.25) is 10.1 Å². The molecule has 0 aliphatic heterocycles. The zero-order chi connectivity index (χ0) is 16.7. The molecule has 3 amide bonds. The van der Waals surface area contributed by atoms with Crippen molar-refractivity contribution in [3.63, 3.8) is 0 Å². The molecule has 0 aromatic heterocycles. The second kappa shape index (κ2) is 7.88. The Morgan fingerprint density at radius 2 is 1.65 bits per heavy atom. The monoisotopic (exact) mass is 320 g/mol. The third kappa shape index (κ3) is 5.39. The van der Waals surface area contributed by atoms with Gasteiger partial charge in [0.25, 0.3) is 5.91 Å². The highest BCUT2D eigenvalue weighted by Gasteiger charge is 2.09. The molecule has 0 aliphatic rings. The largest absolute Gasteiger partial charge is 0.435 e. The minimum Gasteiger partial charge on any atom is -0.435 e. The molecule has 7 heteroatoms. The molecule has 0 saturated heterocycles. The Hall–Kier alpha value is -2.96. The lowest BCUT2D eigenvalue weighted by atomic mass is 10.2. The Kier molecular flexibility index (Phi) is 5.62. The third-order valence-corrected chi connectivity index (χ3v) is 2.86. The van der Waals surface area contributed by atoms with E-state index in [4.69, 9.17) is 0 Å². The molecule has 2 aromatic rings. The fourth-order valence-electron chi connectivity index (χ4n) is 1.78. The van der Waals surface area contributed by atoms with E-state index in [1.54, 1.807) is 30.3 Å². The zero-order valence-corrected chi connectivity index (χ0v) is 12.0. The molecule has 23 heavy (non-hydrogen) atoms. The normalized spacial score (nSPS) is 10.2. The number of urea groups is 1. The first-order chi connectivity index (χ1) is 11.0. The number of hydrogen-bond donors (Lipinski definition) is 2. The van der Waals surface area contributed by atoms with Crippen LogP contribution in [0.25, 0.3) is 0 Å². The van der Waals surface area contributed by atoms with Crippen molar-refractivity contribution in [2.75, 3.05) is 0 Å². The molecule has 5 nitrogen and oxygen atoms in total. The van der Waals surface area contributed by atoms with Gasteiger partial charge >= 0.3 is 12.6 Å². The minimum absolute atomic E-state index is 0.0347. The van der Waals surface area contributed by atoms with Crippen molar-refractivity contribution in [3.8, 4) is 5.75 Å². The average molecular weight is 320 g/mol. The van der Waals surface area contributed by atoms with E-state index in [0.717, 1.165) is 0 Å². The summed E-state index contributed by atoms with van der Waals surface area (Å²) in [7, 11) is 0. The molecule has 0 saturated carbocycles. The number of carbonyl (C=O) groups is 2. The van der Waals surface area contributed by atoms with Crippen LogP contribution in [0.3, 0.4) is 0 Å². The first-order valence-corrected chi connectivity index (χ1v) is 6.72. The van der Waals surface area contributed by atoms with Crippen LogP contribution in [0.5, 0.6) is 5.75 Å². The molecule has 120 valence electrons. The fraction of sp³-hybridized carbons (Fsp3) is 0.125. The van der Waals surface area contributed by atoms with Gasteiger partial charge in [0, 0.05) is 12.1 Å². The molecule has 2 aromatic carbocycles. The summed E-state index contributed by atoms with van der Waals surface area (Å²) in [6.07, 6.45) is 0. The lowest BCUT2D eigenvalue weighted by molar-refractivity contribution is -0.0498. The third-order valence-electron chi connectivity index (χ3n) is 2.86. The first kappa shape index (κ1) is 16.4. The number of carbonyl (C=O) groups excluding carboxylic acids is 2.